The Kier molecular flexibility index (Phi) is 21.8. The molecule has 39 heavy (non-hydrogen) atoms. The number of hydrogen-bond donors (Lipinski definition) is 3. The van der Waals surface area contributed by atoms with Crippen LogP contribution in [0.5, 0.6) is 0 Å². The highest BCUT2D eigenvalue weighted by molar-refractivity contribution is 5.78. The zero-order chi connectivity index (χ0) is 29.5. The molecule has 228 valence electrons. The number of hydrogen-bond acceptors (Lipinski definition) is 3. The van der Waals surface area contributed by atoms with E-state index in [1.165, 1.54) is 51.4 Å². The summed E-state index contributed by atoms with van der Waals surface area (Å²) in [6, 6.07) is -3.16. The summed E-state index contributed by atoms with van der Waals surface area (Å²) in [7, 11) is 0. The van der Waals surface area contributed by atoms with E-state index in [-0.39, 0.29) is 30.3 Å². The number of carboxylic acid groups (broad SMARTS) is 3. The summed E-state index contributed by atoms with van der Waals surface area (Å²) in [6.45, 7) is 8.11. The van der Waals surface area contributed by atoms with Gasteiger partial charge >= 0.3 is 17.9 Å². The molecule has 7 nitrogen and oxygen atoms in total. The first kappa shape index (κ1) is 37.1. The maximum atomic E-state index is 12.5. The fourth-order valence-corrected chi connectivity index (χ4v) is 6.10. The van der Waals surface area contributed by atoms with Gasteiger partial charge < -0.3 is 15.3 Å². The molecule has 0 spiro atoms. The van der Waals surface area contributed by atoms with Gasteiger partial charge in [-0.1, -0.05) is 84.8 Å². The van der Waals surface area contributed by atoms with Crippen LogP contribution in [0.1, 0.15) is 150 Å². The van der Waals surface area contributed by atoms with Gasteiger partial charge in [0.1, 0.15) is 0 Å². The number of rotatable bonds is 27. The molecule has 0 aromatic heterocycles. The third-order valence-corrected chi connectivity index (χ3v) is 8.09. The average Bonchev–Trinajstić information content (AvgIpc) is 2.89. The van der Waals surface area contributed by atoms with Crippen LogP contribution < -0.4 is 0 Å². The van der Waals surface area contributed by atoms with Crippen LogP contribution in [0.4, 0.5) is 0 Å². The van der Waals surface area contributed by atoms with Gasteiger partial charge in [0, 0.05) is 19.3 Å². The molecule has 0 aliphatic heterocycles. The topological polar surface area (TPSA) is 112 Å². The number of carbonyl (C=O) groups is 3. The molecule has 0 rings (SSSR count). The van der Waals surface area contributed by atoms with E-state index < -0.39 is 36.0 Å². The van der Waals surface area contributed by atoms with Crippen LogP contribution in [0.3, 0.4) is 0 Å². The molecule has 0 amide bonds. The molecule has 0 aliphatic carbocycles. The lowest BCUT2D eigenvalue weighted by Crippen LogP contribution is -2.72. The van der Waals surface area contributed by atoms with Gasteiger partial charge in [-0.05, 0) is 57.8 Å². The Morgan fingerprint density at radius 2 is 0.846 bits per heavy atom. The van der Waals surface area contributed by atoms with Crippen LogP contribution in [0.25, 0.3) is 0 Å². The van der Waals surface area contributed by atoms with E-state index in [9.17, 15) is 29.7 Å². The van der Waals surface area contributed by atoms with Gasteiger partial charge in [0.2, 0.25) is 0 Å². The van der Waals surface area contributed by atoms with Gasteiger partial charge in [-0.3, -0.25) is 4.48 Å². The summed E-state index contributed by atoms with van der Waals surface area (Å²) < 4.78 is -0.385. The van der Waals surface area contributed by atoms with E-state index in [0.717, 1.165) is 25.7 Å². The summed E-state index contributed by atoms with van der Waals surface area (Å²) in [6.07, 6.45) is 21.8. The molecule has 0 saturated heterocycles. The Balaban J connectivity index is 5.28. The molecule has 0 aromatic rings. The highest BCUT2D eigenvalue weighted by Gasteiger charge is 2.56. The standard InChI is InChI=1S/C32H59NO6/c1-5-9-10-11-12-13-14-15-16-17-18-19-20-21-22-26-33(27(23-6-2)30(34)35,28(24-7-3)31(36)37)29(25-8-4)32(38)39/h17-18,27-29H,5-16,19-26H2,1-4H3,(H2-,34,35,36,37,38,39)/p+1/b18-17+. The summed E-state index contributed by atoms with van der Waals surface area (Å²) >= 11 is 0. The van der Waals surface area contributed by atoms with E-state index in [1.54, 1.807) is 0 Å². The van der Waals surface area contributed by atoms with E-state index >= 15 is 0 Å². The van der Waals surface area contributed by atoms with Crippen LogP contribution in [0.2, 0.25) is 0 Å². The normalized spacial score (nSPS) is 15.6. The molecule has 0 saturated carbocycles. The van der Waals surface area contributed by atoms with E-state index in [1.807, 2.05) is 20.8 Å². The van der Waals surface area contributed by atoms with Crippen molar-refractivity contribution in [2.45, 2.75) is 168 Å². The predicted molar refractivity (Wildman–Crippen MR) is 159 cm³/mol. The zero-order valence-corrected chi connectivity index (χ0v) is 25.5. The van der Waals surface area contributed by atoms with Gasteiger partial charge in [-0.2, -0.15) is 0 Å². The van der Waals surface area contributed by atoms with Crippen molar-refractivity contribution < 1.29 is 34.2 Å². The van der Waals surface area contributed by atoms with Crippen molar-refractivity contribution in [3.8, 4) is 0 Å². The van der Waals surface area contributed by atoms with Crippen LogP contribution in [0, 0.1) is 0 Å². The van der Waals surface area contributed by atoms with E-state index in [4.69, 9.17) is 0 Å². The molecule has 0 bridgehead atoms. The van der Waals surface area contributed by atoms with Crippen molar-refractivity contribution >= 4 is 17.9 Å². The maximum Gasteiger partial charge on any atom is 0.362 e. The van der Waals surface area contributed by atoms with E-state index in [2.05, 4.69) is 19.1 Å². The first-order chi connectivity index (χ1) is 18.7. The second kappa shape index (κ2) is 22.9. The number of carboxylic acids is 3. The van der Waals surface area contributed by atoms with Crippen LogP contribution in [-0.4, -0.2) is 62.4 Å². The lowest BCUT2D eigenvalue weighted by molar-refractivity contribution is -0.973. The lowest BCUT2D eigenvalue weighted by atomic mass is 9.91. The van der Waals surface area contributed by atoms with Gasteiger partial charge in [0.15, 0.2) is 18.1 Å². The second-order valence-corrected chi connectivity index (χ2v) is 11.2. The molecule has 3 N–H and O–H groups in total. The number of unbranched alkanes of at least 4 members (excludes halogenated alkanes) is 11. The summed E-state index contributed by atoms with van der Waals surface area (Å²) in [5.74, 6) is -3.28. The molecule has 3 atom stereocenters. The van der Waals surface area contributed by atoms with Crippen molar-refractivity contribution in [3.63, 3.8) is 0 Å². The Morgan fingerprint density at radius 3 is 1.18 bits per heavy atom. The fourth-order valence-electron chi connectivity index (χ4n) is 6.10. The fraction of sp³-hybridized carbons (Fsp3) is 0.844. The Hall–Kier alpha value is -1.89. The van der Waals surface area contributed by atoms with Crippen molar-refractivity contribution in [2.75, 3.05) is 6.54 Å². The largest absolute Gasteiger partial charge is 0.477 e. The molecule has 0 radical (unpaired) electrons. The molecule has 7 heteroatoms. The van der Waals surface area contributed by atoms with Crippen LogP contribution in [0.15, 0.2) is 12.2 Å². The minimum absolute atomic E-state index is 0.257. The second-order valence-electron chi connectivity index (χ2n) is 11.2. The van der Waals surface area contributed by atoms with Crippen LogP contribution in [-0.2, 0) is 14.4 Å². The first-order valence-corrected chi connectivity index (χ1v) is 15.9. The number of nitrogens with zero attached hydrogens (tertiary/aromatic N) is 1. The Morgan fingerprint density at radius 1 is 0.513 bits per heavy atom. The SMILES string of the molecule is CCCCCCCCCC/C=C/CCCCC[N+](C(CCC)C(=O)O)(C(CCC)C(=O)O)C(CCC)C(=O)O. The number of aliphatic carboxylic acids is 3. The summed E-state index contributed by atoms with van der Waals surface area (Å²) in [5.41, 5.74) is 0. The molecule has 0 aliphatic rings. The van der Waals surface area contributed by atoms with Gasteiger partial charge in [0.05, 0.1) is 6.54 Å². The minimum Gasteiger partial charge on any atom is -0.477 e. The van der Waals surface area contributed by atoms with Crippen molar-refractivity contribution in [2.24, 2.45) is 0 Å². The minimum atomic E-state index is -1.09. The Bertz CT molecular complexity index is 632. The quantitative estimate of drug-likeness (QED) is 0.0536. The highest BCUT2D eigenvalue weighted by atomic mass is 16.4. The van der Waals surface area contributed by atoms with Crippen molar-refractivity contribution in [1.29, 1.82) is 0 Å². The Labute approximate surface area is 238 Å². The van der Waals surface area contributed by atoms with Gasteiger partial charge in [-0.25, -0.2) is 14.4 Å². The molecular formula is C32H60NO6+. The summed E-state index contributed by atoms with van der Waals surface area (Å²) in [4.78, 5) is 37.6. The molecule has 0 heterocycles. The first-order valence-electron chi connectivity index (χ1n) is 15.9. The van der Waals surface area contributed by atoms with Gasteiger partial charge in [-0.15, -0.1) is 0 Å². The third-order valence-electron chi connectivity index (χ3n) is 8.09. The molecular weight excluding hydrogens is 494 g/mol. The number of quaternary nitrogens is 1. The maximum absolute atomic E-state index is 12.5. The smallest absolute Gasteiger partial charge is 0.362 e. The van der Waals surface area contributed by atoms with Crippen molar-refractivity contribution in [3.05, 3.63) is 12.2 Å². The zero-order valence-electron chi connectivity index (χ0n) is 25.5. The lowest BCUT2D eigenvalue weighted by Gasteiger charge is -2.50. The number of allylic oxidation sites excluding steroid dienone is 2. The van der Waals surface area contributed by atoms with Crippen molar-refractivity contribution in [1.82, 2.24) is 0 Å². The molecule has 0 aromatic carbocycles. The molecule has 3 unspecified atom stereocenters. The third kappa shape index (κ3) is 13.8. The monoisotopic (exact) mass is 554 g/mol. The van der Waals surface area contributed by atoms with Crippen LogP contribution >= 0.6 is 0 Å². The molecule has 0 fully saturated rings. The average molecular weight is 555 g/mol. The summed E-state index contributed by atoms with van der Waals surface area (Å²) in [5, 5.41) is 30.8. The highest BCUT2D eigenvalue weighted by Crippen LogP contribution is 2.34. The van der Waals surface area contributed by atoms with E-state index in [0.29, 0.717) is 25.7 Å². The van der Waals surface area contributed by atoms with Gasteiger partial charge in [0.25, 0.3) is 0 Å². The predicted octanol–water partition coefficient (Wildman–Crippen LogP) is 8.21.